The Hall–Kier alpha value is -3.40. The molecule has 10 heteroatoms. The van der Waals surface area contributed by atoms with Gasteiger partial charge >= 0.3 is 0 Å². The Balaban J connectivity index is 1.67. The van der Waals surface area contributed by atoms with Gasteiger partial charge in [-0.1, -0.05) is 0 Å². The van der Waals surface area contributed by atoms with Gasteiger partial charge in [0.05, 0.1) is 23.7 Å². The maximum Gasteiger partial charge on any atom is 0.231 e. The van der Waals surface area contributed by atoms with Crippen molar-refractivity contribution < 1.29 is 13.2 Å². The predicted octanol–water partition coefficient (Wildman–Crippen LogP) is 1.40. The quantitative estimate of drug-likeness (QED) is 0.320. The van der Waals surface area contributed by atoms with Crippen molar-refractivity contribution in [2.45, 2.75) is 6.42 Å². The first kappa shape index (κ1) is 18.4. The molecule has 0 aliphatic heterocycles. The molecule has 3 aromatic rings. The molecule has 0 spiro atoms. The monoisotopic (exact) mass is 386 g/mol. The van der Waals surface area contributed by atoms with Gasteiger partial charge in [-0.3, -0.25) is 14.9 Å². The third-order valence-electron chi connectivity index (χ3n) is 3.64. The number of aromatic amines is 1. The number of anilines is 2. The minimum atomic E-state index is -3.35. The fourth-order valence-electron chi connectivity index (χ4n) is 2.51. The summed E-state index contributed by atoms with van der Waals surface area (Å²) in [4.78, 5) is 19.6. The van der Waals surface area contributed by atoms with Gasteiger partial charge in [0, 0.05) is 16.9 Å². The van der Waals surface area contributed by atoms with Crippen molar-refractivity contribution >= 4 is 44.2 Å². The largest absolute Gasteiger partial charge is 0.384 e. The smallest absolute Gasteiger partial charge is 0.231 e. The molecule has 0 unspecified atom stereocenters. The number of carbonyl (C=O) groups excluding carboxylic acids is 1. The van der Waals surface area contributed by atoms with Crippen LogP contribution in [0.4, 0.5) is 11.4 Å². The highest BCUT2D eigenvalue weighted by Crippen LogP contribution is 2.16. The first-order chi connectivity index (χ1) is 12.7. The molecular weight excluding hydrogens is 368 g/mol. The fraction of sp³-hybridized carbons (Fsp3) is 0.118. The van der Waals surface area contributed by atoms with Crippen molar-refractivity contribution in [3.05, 3.63) is 53.9 Å². The van der Waals surface area contributed by atoms with Crippen molar-refractivity contribution in [1.29, 1.82) is 5.41 Å². The van der Waals surface area contributed by atoms with Gasteiger partial charge in [0.25, 0.3) is 0 Å². The van der Waals surface area contributed by atoms with Gasteiger partial charge in [0.1, 0.15) is 11.7 Å². The maximum atomic E-state index is 12.2. The lowest BCUT2D eigenvalue weighted by molar-refractivity contribution is -0.115. The van der Waals surface area contributed by atoms with Crippen LogP contribution in [0.25, 0.3) is 11.0 Å². The first-order valence-corrected chi connectivity index (χ1v) is 9.79. The SMILES string of the molecule is CS(=O)(=O)Nc1ccc(NC(=O)Cc2nc3ccc(C(=N)N)cc3[nH]2)cc1. The predicted molar refractivity (Wildman–Crippen MR) is 104 cm³/mol. The van der Waals surface area contributed by atoms with E-state index in [1.165, 1.54) is 0 Å². The van der Waals surface area contributed by atoms with Crippen molar-refractivity contribution in [1.82, 2.24) is 9.97 Å². The van der Waals surface area contributed by atoms with Crippen LogP contribution in [-0.2, 0) is 21.2 Å². The number of aromatic nitrogens is 2. The number of sulfonamides is 1. The molecule has 140 valence electrons. The summed E-state index contributed by atoms with van der Waals surface area (Å²) >= 11 is 0. The van der Waals surface area contributed by atoms with Crippen LogP contribution in [0.1, 0.15) is 11.4 Å². The van der Waals surface area contributed by atoms with E-state index >= 15 is 0 Å². The summed E-state index contributed by atoms with van der Waals surface area (Å²) in [6, 6.07) is 11.5. The summed E-state index contributed by atoms with van der Waals surface area (Å²) in [6.07, 6.45) is 1.10. The van der Waals surface area contributed by atoms with Crippen molar-refractivity contribution in [2.75, 3.05) is 16.3 Å². The van der Waals surface area contributed by atoms with Crippen LogP contribution < -0.4 is 15.8 Å². The lowest BCUT2D eigenvalue weighted by Gasteiger charge is -2.07. The third kappa shape index (κ3) is 4.82. The molecule has 0 saturated heterocycles. The normalized spacial score (nSPS) is 11.3. The molecule has 1 heterocycles. The third-order valence-corrected chi connectivity index (χ3v) is 4.25. The molecule has 0 aliphatic carbocycles. The molecule has 1 amide bonds. The molecule has 0 atom stereocenters. The van der Waals surface area contributed by atoms with Crippen molar-refractivity contribution in [2.24, 2.45) is 5.73 Å². The number of benzene rings is 2. The maximum absolute atomic E-state index is 12.2. The number of nitrogens with zero attached hydrogens (tertiary/aromatic N) is 1. The van der Waals surface area contributed by atoms with Gasteiger partial charge in [0.15, 0.2) is 0 Å². The molecule has 2 aromatic carbocycles. The molecule has 6 N–H and O–H groups in total. The van der Waals surface area contributed by atoms with E-state index in [9.17, 15) is 13.2 Å². The Morgan fingerprint density at radius 1 is 1.19 bits per heavy atom. The molecule has 0 saturated carbocycles. The summed E-state index contributed by atoms with van der Waals surface area (Å²) in [5.41, 5.74) is 8.37. The number of imidazole rings is 1. The van der Waals surface area contributed by atoms with Gasteiger partial charge in [-0.25, -0.2) is 13.4 Å². The molecule has 0 fully saturated rings. The highest BCUT2D eigenvalue weighted by molar-refractivity contribution is 7.92. The standard InChI is InChI=1S/C17H18N6O3S/c1-27(25,26)23-12-5-3-11(4-6-12)20-16(24)9-15-21-13-7-2-10(17(18)19)8-14(13)22-15/h2-8,23H,9H2,1H3,(H3,18,19)(H,20,24)(H,21,22). The van der Waals surface area contributed by atoms with E-state index in [1.54, 1.807) is 42.5 Å². The zero-order valence-electron chi connectivity index (χ0n) is 14.4. The molecular formula is C17H18N6O3S. The van der Waals surface area contributed by atoms with Gasteiger partial charge < -0.3 is 16.0 Å². The minimum Gasteiger partial charge on any atom is -0.384 e. The number of hydrogen-bond acceptors (Lipinski definition) is 5. The van der Waals surface area contributed by atoms with Crippen LogP contribution in [-0.4, -0.2) is 36.4 Å². The number of nitrogen functional groups attached to an aromatic ring is 1. The van der Waals surface area contributed by atoms with Crippen LogP contribution in [0, 0.1) is 5.41 Å². The van der Waals surface area contributed by atoms with E-state index in [2.05, 4.69) is 20.0 Å². The number of nitrogens with one attached hydrogen (secondary N) is 4. The van der Waals surface area contributed by atoms with Crippen LogP contribution in [0.2, 0.25) is 0 Å². The van der Waals surface area contributed by atoms with Gasteiger partial charge in [0.2, 0.25) is 15.9 Å². The second-order valence-corrected chi connectivity index (χ2v) is 7.75. The lowest BCUT2D eigenvalue weighted by atomic mass is 10.2. The van der Waals surface area contributed by atoms with Gasteiger partial charge in [-0.05, 0) is 42.5 Å². The molecule has 0 aliphatic rings. The Morgan fingerprint density at radius 3 is 2.48 bits per heavy atom. The van der Waals surface area contributed by atoms with Crippen molar-refractivity contribution in [3.63, 3.8) is 0 Å². The number of hydrogen-bond donors (Lipinski definition) is 5. The summed E-state index contributed by atoms with van der Waals surface area (Å²) in [5, 5.41) is 10.2. The highest BCUT2D eigenvalue weighted by Gasteiger charge is 2.10. The van der Waals surface area contributed by atoms with E-state index in [0.29, 0.717) is 33.8 Å². The summed E-state index contributed by atoms with van der Waals surface area (Å²) < 4.78 is 24.7. The van der Waals surface area contributed by atoms with Crippen LogP contribution >= 0.6 is 0 Å². The number of amides is 1. The van der Waals surface area contributed by atoms with E-state index in [4.69, 9.17) is 11.1 Å². The van der Waals surface area contributed by atoms with E-state index in [0.717, 1.165) is 6.26 Å². The molecule has 0 radical (unpaired) electrons. The summed E-state index contributed by atoms with van der Waals surface area (Å²) in [6.45, 7) is 0. The molecule has 27 heavy (non-hydrogen) atoms. The number of nitrogens with two attached hydrogens (primary N) is 1. The Labute approximate surface area is 155 Å². The van der Waals surface area contributed by atoms with Crippen LogP contribution in [0.3, 0.4) is 0 Å². The van der Waals surface area contributed by atoms with Gasteiger partial charge in [-0.2, -0.15) is 0 Å². The highest BCUT2D eigenvalue weighted by atomic mass is 32.2. The fourth-order valence-corrected chi connectivity index (χ4v) is 3.07. The molecule has 3 rings (SSSR count). The second-order valence-electron chi connectivity index (χ2n) is 6.01. The van der Waals surface area contributed by atoms with Crippen molar-refractivity contribution in [3.8, 4) is 0 Å². The zero-order valence-corrected chi connectivity index (χ0v) is 15.2. The number of carbonyl (C=O) groups is 1. The topological polar surface area (TPSA) is 154 Å². The Bertz CT molecular complexity index is 1120. The number of rotatable bonds is 6. The first-order valence-electron chi connectivity index (χ1n) is 7.90. The average Bonchev–Trinajstić information content (AvgIpc) is 2.96. The molecule has 1 aromatic heterocycles. The summed E-state index contributed by atoms with van der Waals surface area (Å²) in [7, 11) is -3.35. The van der Waals surface area contributed by atoms with E-state index in [1.807, 2.05) is 0 Å². The van der Waals surface area contributed by atoms with E-state index < -0.39 is 10.0 Å². The number of amidine groups is 1. The van der Waals surface area contributed by atoms with Gasteiger partial charge in [-0.15, -0.1) is 0 Å². The average molecular weight is 386 g/mol. The van der Waals surface area contributed by atoms with E-state index in [-0.39, 0.29) is 18.2 Å². The zero-order chi connectivity index (χ0) is 19.6. The van der Waals surface area contributed by atoms with Crippen LogP contribution in [0.15, 0.2) is 42.5 Å². The Morgan fingerprint density at radius 2 is 1.85 bits per heavy atom. The number of fused-ring (bicyclic) bond motifs is 1. The number of H-pyrrole nitrogens is 1. The summed E-state index contributed by atoms with van der Waals surface area (Å²) in [5.74, 6) is 0.169. The molecule has 9 nitrogen and oxygen atoms in total. The van der Waals surface area contributed by atoms with Crippen LogP contribution in [0.5, 0.6) is 0 Å². The Kier molecular flexibility index (Phi) is 4.82. The minimum absolute atomic E-state index is 0.0351. The molecule has 0 bridgehead atoms. The lowest BCUT2D eigenvalue weighted by Crippen LogP contribution is -2.15. The second kappa shape index (κ2) is 7.08.